The fourth-order valence-corrected chi connectivity index (χ4v) is 7.08. The first-order valence-electron chi connectivity index (χ1n) is 23.7. The quantitative estimate of drug-likeness (QED) is 0.0121. The second-order valence-corrected chi connectivity index (χ2v) is 18.6. The number of unbranched alkanes of at least 4 members (excludes halogenated alkanes) is 22. The standard InChI is InChI=1S/C48H88NO9P/c1-6-8-10-12-14-15-16-17-18-19-20-21-22-23-24-25-27-31-36-40-48(52)58-46(44-57-59(53,54)56-42-41-49(3,4)5)43-55-47(51)39-35-32-28-30-34-38-45(50)37-33-29-26-13-11-9-7-2/h17-18,26,29,33,37,46H,6-16,19-25,27-28,30-32,34-36,38-44H2,1-5H3/p+1/b18-17-,29-26-,37-33+/t46-/m1/s1. The highest BCUT2D eigenvalue weighted by Crippen LogP contribution is 2.43. The number of ether oxygens (including phenoxy) is 2. The fraction of sp³-hybridized carbons (Fsp3) is 0.812. The van der Waals surface area contributed by atoms with Crippen LogP contribution in [0.25, 0.3) is 0 Å². The van der Waals surface area contributed by atoms with E-state index in [-0.39, 0.29) is 31.8 Å². The van der Waals surface area contributed by atoms with Crippen molar-refractivity contribution in [2.24, 2.45) is 0 Å². The average Bonchev–Trinajstić information content (AvgIpc) is 3.18. The van der Waals surface area contributed by atoms with Crippen LogP contribution in [0.5, 0.6) is 0 Å². The average molecular weight is 855 g/mol. The Morgan fingerprint density at radius 1 is 0.559 bits per heavy atom. The van der Waals surface area contributed by atoms with Crippen LogP contribution in [-0.4, -0.2) is 80.7 Å². The molecule has 0 spiro atoms. The van der Waals surface area contributed by atoms with E-state index in [1.165, 1.54) is 103 Å². The summed E-state index contributed by atoms with van der Waals surface area (Å²) < 4.78 is 34.3. The summed E-state index contributed by atoms with van der Waals surface area (Å²) in [6.07, 6.45) is 41.5. The zero-order valence-corrected chi connectivity index (χ0v) is 39.4. The van der Waals surface area contributed by atoms with Crippen LogP contribution in [0, 0.1) is 0 Å². The molecule has 10 nitrogen and oxygen atoms in total. The lowest BCUT2D eigenvalue weighted by Crippen LogP contribution is -2.37. The first kappa shape index (κ1) is 56.9. The molecule has 0 radical (unpaired) electrons. The van der Waals surface area contributed by atoms with E-state index in [9.17, 15) is 23.8 Å². The van der Waals surface area contributed by atoms with Crippen LogP contribution in [0.1, 0.15) is 200 Å². The van der Waals surface area contributed by atoms with Crippen molar-refractivity contribution in [1.82, 2.24) is 0 Å². The van der Waals surface area contributed by atoms with Crippen molar-refractivity contribution in [3.8, 4) is 0 Å². The van der Waals surface area contributed by atoms with E-state index in [0.29, 0.717) is 30.3 Å². The number of nitrogens with zero attached hydrogens (tertiary/aromatic N) is 1. The minimum Gasteiger partial charge on any atom is -0.462 e. The maximum Gasteiger partial charge on any atom is 0.472 e. The number of hydrogen-bond donors (Lipinski definition) is 1. The summed E-state index contributed by atoms with van der Waals surface area (Å²) in [5.74, 6) is -0.762. The zero-order valence-electron chi connectivity index (χ0n) is 38.5. The number of hydrogen-bond acceptors (Lipinski definition) is 8. The minimum absolute atomic E-state index is 0.0118. The lowest BCUT2D eigenvalue weighted by Gasteiger charge is -2.24. The van der Waals surface area contributed by atoms with Crippen LogP contribution < -0.4 is 0 Å². The van der Waals surface area contributed by atoms with Crippen LogP contribution in [0.4, 0.5) is 0 Å². The second-order valence-electron chi connectivity index (χ2n) is 17.2. The zero-order chi connectivity index (χ0) is 43.7. The van der Waals surface area contributed by atoms with E-state index in [0.717, 1.165) is 51.4 Å². The molecule has 0 saturated heterocycles. The Balaban J connectivity index is 4.38. The molecule has 0 amide bonds. The number of rotatable bonds is 43. The predicted molar refractivity (Wildman–Crippen MR) is 243 cm³/mol. The maximum absolute atomic E-state index is 12.7. The van der Waals surface area contributed by atoms with Gasteiger partial charge < -0.3 is 18.9 Å². The number of carbonyl (C=O) groups excluding carboxylic acids is 3. The molecule has 0 aromatic rings. The molecule has 1 N–H and O–H groups in total. The van der Waals surface area contributed by atoms with E-state index < -0.39 is 32.5 Å². The summed E-state index contributed by atoms with van der Waals surface area (Å²) in [7, 11) is 1.41. The van der Waals surface area contributed by atoms with Gasteiger partial charge in [-0.25, -0.2) is 4.57 Å². The Kier molecular flexibility index (Phi) is 38.6. The third kappa shape index (κ3) is 43.8. The number of allylic oxidation sites excluding steroid dienone is 6. The van der Waals surface area contributed by atoms with E-state index in [1.54, 1.807) is 6.08 Å². The molecule has 344 valence electrons. The topological polar surface area (TPSA) is 125 Å². The number of ketones is 1. The highest BCUT2D eigenvalue weighted by Gasteiger charge is 2.27. The van der Waals surface area contributed by atoms with Gasteiger partial charge in [-0.05, 0) is 63.9 Å². The number of esters is 2. The molecule has 1 unspecified atom stereocenters. The van der Waals surface area contributed by atoms with Gasteiger partial charge in [0, 0.05) is 19.3 Å². The lowest BCUT2D eigenvalue weighted by atomic mass is 10.1. The largest absolute Gasteiger partial charge is 0.472 e. The van der Waals surface area contributed by atoms with Crippen molar-refractivity contribution in [1.29, 1.82) is 0 Å². The molecule has 0 heterocycles. The van der Waals surface area contributed by atoms with Crippen molar-refractivity contribution >= 4 is 25.5 Å². The van der Waals surface area contributed by atoms with E-state index in [4.69, 9.17) is 18.5 Å². The molecule has 0 rings (SSSR count). The molecular weight excluding hydrogens is 765 g/mol. The number of carbonyl (C=O) groups is 3. The van der Waals surface area contributed by atoms with E-state index >= 15 is 0 Å². The van der Waals surface area contributed by atoms with Gasteiger partial charge in [0.15, 0.2) is 11.9 Å². The van der Waals surface area contributed by atoms with Crippen LogP contribution >= 0.6 is 7.82 Å². The van der Waals surface area contributed by atoms with E-state index in [1.807, 2.05) is 33.3 Å². The summed E-state index contributed by atoms with van der Waals surface area (Å²) >= 11 is 0. The van der Waals surface area contributed by atoms with E-state index in [2.05, 4.69) is 32.1 Å². The molecule has 0 aromatic carbocycles. The first-order valence-corrected chi connectivity index (χ1v) is 25.2. The molecule has 0 aliphatic carbocycles. The highest BCUT2D eigenvalue weighted by atomic mass is 31.2. The Bertz CT molecular complexity index is 1160. The summed E-state index contributed by atoms with van der Waals surface area (Å²) in [6, 6.07) is 0. The third-order valence-electron chi connectivity index (χ3n) is 10.1. The van der Waals surface area contributed by atoms with Gasteiger partial charge >= 0.3 is 19.8 Å². The Morgan fingerprint density at radius 2 is 1.02 bits per heavy atom. The number of quaternary nitrogens is 1. The van der Waals surface area contributed by atoms with Gasteiger partial charge in [-0.2, -0.15) is 0 Å². The van der Waals surface area contributed by atoms with Gasteiger partial charge in [-0.1, -0.05) is 153 Å². The normalized spacial score (nSPS) is 13.7. The molecule has 0 saturated carbocycles. The lowest BCUT2D eigenvalue weighted by molar-refractivity contribution is -0.870. The summed E-state index contributed by atoms with van der Waals surface area (Å²) in [6.45, 7) is 4.24. The van der Waals surface area contributed by atoms with Crippen molar-refractivity contribution in [3.63, 3.8) is 0 Å². The Labute approximate surface area is 361 Å². The number of phosphoric acid groups is 1. The summed E-state index contributed by atoms with van der Waals surface area (Å²) in [5, 5.41) is 0. The molecular formula is C48H89NO9P+. The summed E-state index contributed by atoms with van der Waals surface area (Å²) in [4.78, 5) is 47.5. The molecule has 0 bridgehead atoms. The first-order chi connectivity index (χ1) is 28.4. The molecule has 0 aliphatic heterocycles. The number of likely N-dealkylation sites (N-methyl/N-ethyl adjacent to an activating group) is 1. The van der Waals surface area contributed by atoms with Gasteiger partial charge in [-0.15, -0.1) is 0 Å². The maximum atomic E-state index is 12.7. The van der Waals surface area contributed by atoms with Crippen LogP contribution in [0.2, 0.25) is 0 Å². The van der Waals surface area contributed by atoms with Crippen molar-refractivity contribution in [2.45, 2.75) is 206 Å². The number of phosphoric ester groups is 1. The van der Waals surface area contributed by atoms with Crippen molar-refractivity contribution in [3.05, 3.63) is 36.5 Å². The van der Waals surface area contributed by atoms with Gasteiger partial charge in [0.2, 0.25) is 0 Å². The van der Waals surface area contributed by atoms with Gasteiger partial charge in [-0.3, -0.25) is 23.4 Å². The van der Waals surface area contributed by atoms with Gasteiger partial charge in [0.25, 0.3) is 0 Å². The van der Waals surface area contributed by atoms with Crippen molar-refractivity contribution in [2.75, 3.05) is 47.5 Å². The predicted octanol–water partition coefficient (Wildman–Crippen LogP) is 12.9. The Morgan fingerprint density at radius 3 is 1.58 bits per heavy atom. The van der Waals surface area contributed by atoms with Gasteiger partial charge in [0.05, 0.1) is 27.7 Å². The van der Waals surface area contributed by atoms with Crippen LogP contribution in [0.15, 0.2) is 36.5 Å². The molecule has 59 heavy (non-hydrogen) atoms. The SMILES string of the molecule is CCCCC/C=C\C=C\C(=O)CCCCCCCC(=O)OC[C@H](COP(=O)(O)OCC[N+](C)(C)C)OC(=O)CCCCCCCCCCC/C=C\CCCCCCCC. The van der Waals surface area contributed by atoms with Gasteiger partial charge in [0.1, 0.15) is 19.8 Å². The van der Waals surface area contributed by atoms with Crippen molar-refractivity contribution < 1.29 is 46.8 Å². The fourth-order valence-electron chi connectivity index (χ4n) is 6.34. The monoisotopic (exact) mass is 855 g/mol. The third-order valence-corrected chi connectivity index (χ3v) is 11.1. The highest BCUT2D eigenvalue weighted by molar-refractivity contribution is 7.47. The second kappa shape index (κ2) is 40.0. The van der Waals surface area contributed by atoms with Crippen LogP contribution in [-0.2, 0) is 37.5 Å². The molecule has 0 aliphatic rings. The molecule has 0 aromatic heterocycles. The Hall–Kier alpha value is -2.10. The molecule has 2 atom stereocenters. The molecule has 11 heteroatoms. The minimum atomic E-state index is -4.40. The molecule has 0 fully saturated rings. The smallest absolute Gasteiger partial charge is 0.462 e. The van der Waals surface area contributed by atoms with Crippen LogP contribution in [0.3, 0.4) is 0 Å². The summed E-state index contributed by atoms with van der Waals surface area (Å²) in [5.41, 5.74) is 0.